The molecule has 112 valence electrons. The molecule has 0 bridgehead atoms. The Kier molecular flexibility index (Phi) is 3.70. The molecule has 0 unspecified atom stereocenters. The molecular formula is C16H15BrN4O. The molecule has 3 aromatic rings. The van der Waals surface area contributed by atoms with Crippen molar-refractivity contribution in [1.29, 1.82) is 0 Å². The molecule has 1 aromatic carbocycles. The van der Waals surface area contributed by atoms with E-state index in [1.165, 1.54) is 0 Å². The molecular weight excluding hydrogens is 344 g/mol. The largest absolute Gasteiger partial charge is 0.322 e. The zero-order chi connectivity index (χ0) is 15.9. The monoisotopic (exact) mass is 358 g/mol. The van der Waals surface area contributed by atoms with Gasteiger partial charge < -0.3 is 5.32 Å². The van der Waals surface area contributed by atoms with E-state index in [4.69, 9.17) is 0 Å². The third-order valence-electron chi connectivity index (χ3n) is 3.56. The topological polar surface area (TPSA) is 59.8 Å². The normalized spacial score (nSPS) is 10.9. The lowest BCUT2D eigenvalue weighted by molar-refractivity contribution is 0.102. The number of pyridine rings is 1. The van der Waals surface area contributed by atoms with E-state index in [2.05, 4.69) is 31.3 Å². The first-order valence-electron chi connectivity index (χ1n) is 6.82. The van der Waals surface area contributed by atoms with Gasteiger partial charge >= 0.3 is 0 Å². The number of fused-ring (bicyclic) bond motifs is 1. The number of aromatic nitrogens is 3. The minimum absolute atomic E-state index is 0.178. The summed E-state index contributed by atoms with van der Waals surface area (Å²) in [6.45, 7) is 3.86. The Labute approximate surface area is 136 Å². The lowest BCUT2D eigenvalue weighted by Gasteiger charge is -2.08. The summed E-state index contributed by atoms with van der Waals surface area (Å²) in [6.07, 6.45) is 1.58. The number of amides is 1. The quantitative estimate of drug-likeness (QED) is 0.761. The lowest BCUT2D eigenvalue weighted by atomic mass is 10.1. The van der Waals surface area contributed by atoms with Gasteiger partial charge in [0.05, 0.1) is 11.3 Å². The van der Waals surface area contributed by atoms with E-state index >= 15 is 0 Å². The Balaban J connectivity index is 1.93. The van der Waals surface area contributed by atoms with Crippen LogP contribution in [0.1, 0.15) is 21.6 Å². The summed E-state index contributed by atoms with van der Waals surface area (Å²) in [7, 11) is 1.84. The van der Waals surface area contributed by atoms with E-state index in [0.717, 1.165) is 32.5 Å². The van der Waals surface area contributed by atoms with Crippen molar-refractivity contribution in [1.82, 2.24) is 14.8 Å². The Bertz CT molecular complexity index is 885. The van der Waals surface area contributed by atoms with Crippen LogP contribution >= 0.6 is 15.9 Å². The number of halogens is 1. The number of carbonyl (C=O) groups excluding carboxylic acids is 1. The minimum atomic E-state index is -0.178. The van der Waals surface area contributed by atoms with Crippen molar-refractivity contribution in [2.24, 2.45) is 7.05 Å². The second-order valence-electron chi connectivity index (χ2n) is 5.22. The number of hydrogen-bond donors (Lipinski definition) is 1. The molecule has 0 saturated heterocycles. The average molecular weight is 359 g/mol. The molecule has 0 aliphatic rings. The highest BCUT2D eigenvalue weighted by Crippen LogP contribution is 2.22. The summed E-state index contributed by atoms with van der Waals surface area (Å²) in [5.74, 6) is -0.178. The summed E-state index contributed by atoms with van der Waals surface area (Å²) in [5, 5.41) is 8.12. The van der Waals surface area contributed by atoms with E-state index in [-0.39, 0.29) is 5.91 Å². The van der Waals surface area contributed by atoms with Gasteiger partial charge in [-0.3, -0.25) is 9.48 Å². The molecule has 1 N–H and O–H groups in total. The third-order valence-corrected chi connectivity index (χ3v) is 4.06. The molecule has 0 aliphatic heterocycles. The highest BCUT2D eigenvalue weighted by Gasteiger charge is 2.12. The third kappa shape index (κ3) is 2.62. The first kappa shape index (κ1) is 14.7. The molecule has 5 nitrogen and oxygen atoms in total. The van der Waals surface area contributed by atoms with Crippen molar-refractivity contribution in [2.45, 2.75) is 13.8 Å². The smallest absolute Gasteiger partial charge is 0.257 e. The van der Waals surface area contributed by atoms with Crippen molar-refractivity contribution in [3.63, 3.8) is 0 Å². The second kappa shape index (κ2) is 5.53. The van der Waals surface area contributed by atoms with Crippen LogP contribution in [0.4, 0.5) is 5.69 Å². The van der Waals surface area contributed by atoms with Crippen LogP contribution in [-0.2, 0) is 7.05 Å². The number of nitrogens with one attached hydrogen (secondary N) is 1. The number of hydrogen-bond acceptors (Lipinski definition) is 3. The van der Waals surface area contributed by atoms with Crippen LogP contribution in [0.25, 0.3) is 11.0 Å². The first-order chi connectivity index (χ1) is 10.5. The molecule has 0 aliphatic carbocycles. The van der Waals surface area contributed by atoms with Crippen LogP contribution in [0.15, 0.2) is 34.9 Å². The molecule has 22 heavy (non-hydrogen) atoms. The minimum Gasteiger partial charge on any atom is -0.322 e. The number of aryl methyl sites for hydroxylation is 3. The Morgan fingerprint density at radius 2 is 2.05 bits per heavy atom. The van der Waals surface area contributed by atoms with Gasteiger partial charge in [0.2, 0.25) is 0 Å². The van der Waals surface area contributed by atoms with Crippen LogP contribution in [-0.4, -0.2) is 20.7 Å². The predicted octanol–water partition coefficient (Wildman–Crippen LogP) is 3.60. The molecule has 2 heterocycles. The SMILES string of the molecule is Cc1cc(Br)ccc1NC(=O)c1cnc2c(c1)c(C)nn2C. The maximum absolute atomic E-state index is 12.4. The number of nitrogens with zero attached hydrogens (tertiary/aromatic N) is 3. The van der Waals surface area contributed by atoms with Gasteiger partial charge in [0.1, 0.15) is 0 Å². The lowest BCUT2D eigenvalue weighted by Crippen LogP contribution is -2.13. The van der Waals surface area contributed by atoms with E-state index < -0.39 is 0 Å². The Morgan fingerprint density at radius 3 is 2.77 bits per heavy atom. The number of anilines is 1. The van der Waals surface area contributed by atoms with Gasteiger partial charge in [-0.05, 0) is 43.7 Å². The van der Waals surface area contributed by atoms with E-state index in [1.54, 1.807) is 10.9 Å². The Morgan fingerprint density at radius 1 is 1.27 bits per heavy atom. The molecule has 2 aromatic heterocycles. The van der Waals surface area contributed by atoms with Gasteiger partial charge in [0.15, 0.2) is 5.65 Å². The fourth-order valence-corrected chi connectivity index (χ4v) is 2.87. The molecule has 6 heteroatoms. The predicted molar refractivity (Wildman–Crippen MR) is 90.1 cm³/mol. The molecule has 0 fully saturated rings. The van der Waals surface area contributed by atoms with Gasteiger partial charge in [-0.25, -0.2) is 4.98 Å². The second-order valence-corrected chi connectivity index (χ2v) is 6.13. The summed E-state index contributed by atoms with van der Waals surface area (Å²) in [6, 6.07) is 7.56. The summed E-state index contributed by atoms with van der Waals surface area (Å²) in [5.41, 5.74) is 3.93. The van der Waals surface area contributed by atoms with Crippen LogP contribution in [0, 0.1) is 13.8 Å². The average Bonchev–Trinajstić information content (AvgIpc) is 2.76. The number of rotatable bonds is 2. The van der Waals surface area contributed by atoms with Crippen molar-refractivity contribution < 1.29 is 4.79 Å². The van der Waals surface area contributed by atoms with Crippen LogP contribution in [0.5, 0.6) is 0 Å². The highest BCUT2D eigenvalue weighted by atomic mass is 79.9. The van der Waals surface area contributed by atoms with Gasteiger partial charge in [0.25, 0.3) is 5.91 Å². The standard InChI is InChI=1S/C16H15BrN4O/c1-9-6-12(17)4-5-14(9)19-16(22)11-7-13-10(2)20-21(3)15(13)18-8-11/h4-8H,1-3H3,(H,19,22). The fourth-order valence-electron chi connectivity index (χ4n) is 2.39. The molecule has 0 radical (unpaired) electrons. The number of benzene rings is 1. The van der Waals surface area contributed by atoms with E-state index in [0.29, 0.717) is 5.56 Å². The van der Waals surface area contributed by atoms with Crippen LogP contribution in [0.3, 0.4) is 0 Å². The van der Waals surface area contributed by atoms with Crippen LogP contribution < -0.4 is 5.32 Å². The zero-order valence-electron chi connectivity index (χ0n) is 12.5. The van der Waals surface area contributed by atoms with Gasteiger partial charge in [-0.1, -0.05) is 15.9 Å². The van der Waals surface area contributed by atoms with Crippen molar-refractivity contribution >= 4 is 38.6 Å². The summed E-state index contributed by atoms with van der Waals surface area (Å²) >= 11 is 3.41. The van der Waals surface area contributed by atoms with Crippen LogP contribution in [0.2, 0.25) is 0 Å². The van der Waals surface area contributed by atoms with Gasteiger partial charge in [0, 0.05) is 28.8 Å². The van der Waals surface area contributed by atoms with Crippen molar-refractivity contribution in [2.75, 3.05) is 5.32 Å². The van der Waals surface area contributed by atoms with Gasteiger partial charge in [-0.15, -0.1) is 0 Å². The molecule has 0 atom stereocenters. The zero-order valence-corrected chi connectivity index (χ0v) is 14.1. The maximum atomic E-state index is 12.4. The highest BCUT2D eigenvalue weighted by molar-refractivity contribution is 9.10. The first-order valence-corrected chi connectivity index (χ1v) is 7.62. The molecule has 0 saturated carbocycles. The maximum Gasteiger partial charge on any atom is 0.257 e. The molecule has 1 amide bonds. The van der Waals surface area contributed by atoms with Crippen molar-refractivity contribution in [3.05, 3.63) is 51.8 Å². The van der Waals surface area contributed by atoms with E-state index in [9.17, 15) is 4.79 Å². The molecule has 0 spiro atoms. The van der Waals surface area contributed by atoms with Crippen molar-refractivity contribution in [3.8, 4) is 0 Å². The summed E-state index contributed by atoms with van der Waals surface area (Å²) in [4.78, 5) is 16.8. The summed E-state index contributed by atoms with van der Waals surface area (Å²) < 4.78 is 2.70. The Hall–Kier alpha value is -2.21. The fraction of sp³-hybridized carbons (Fsp3) is 0.188. The van der Waals surface area contributed by atoms with Gasteiger partial charge in [-0.2, -0.15) is 5.10 Å². The van der Waals surface area contributed by atoms with E-state index in [1.807, 2.05) is 45.2 Å². The number of carbonyl (C=O) groups is 1. The molecule has 3 rings (SSSR count).